The number of para-hydroxylation sites is 1. The summed E-state index contributed by atoms with van der Waals surface area (Å²) in [6.07, 6.45) is 2.85. The topological polar surface area (TPSA) is 58.6 Å². The van der Waals surface area contributed by atoms with Gasteiger partial charge in [0.25, 0.3) is 0 Å². The van der Waals surface area contributed by atoms with Gasteiger partial charge in [0.1, 0.15) is 5.75 Å². The lowest BCUT2D eigenvalue weighted by molar-refractivity contribution is -0.143. The van der Waals surface area contributed by atoms with Gasteiger partial charge in [0.15, 0.2) is 0 Å². The number of hydrogen-bond donors (Lipinski definition) is 1. The first-order valence-corrected chi connectivity index (χ1v) is 10.8. The summed E-state index contributed by atoms with van der Waals surface area (Å²) < 4.78 is 5.59. The normalized spacial score (nSPS) is 18.9. The molecule has 3 rings (SSSR count). The number of benzene rings is 2. The van der Waals surface area contributed by atoms with Crippen LogP contribution in [0.1, 0.15) is 55.3 Å². The molecular weight excluding hydrogens is 376 g/mol. The summed E-state index contributed by atoms with van der Waals surface area (Å²) in [6, 6.07) is 15.5. The van der Waals surface area contributed by atoms with E-state index in [1.54, 1.807) is 7.11 Å². The smallest absolute Gasteiger partial charge is 0.225 e. The van der Waals surface area contributed by atoms with Crippen LogP contribution in [0.5, 0.6) is 5.75 Å². The third-order valence-corrected chi connectivity index (χ3v) is 5.97. The molecule has 1 N–H and O–H groups in total. The first kappa shape index (κ1) is 21.9. The fraction of sp³-hybridized carbons (Fsp3) is 0.440. The summed E-state index contributed by atoms with van der Waals surface area (Å²) in [4.78, 5) is 28.0. The van der Waals surface area contributed by atoms with Crippen LogP contribution in [-0.2, 0) is 16.1 Å². The molecule has 0 saturated carbocycles. The highest BCUT2D eigenvalue weighted by atomic mass is 16.5. The molecule has 1 aliphatic rings. The van der Waals surface area contributed by atoms with E-state index in [0.29, 0.717) is 25.9 Å². The van der Waals surface area contributed by atoms with Crippen molar-refractivity contribution in [2.45, 2.75) is 52.1 Å². The van der Waals surface area contributed by atoms with E-state index in [9.17, 15) is 9.59 Å². The van der Waals surface area contributed by atoms with Crippen molar-refractivity contribution >= 4 is 11.8 Å². The largest absolute Gasteiger partial charge is 0.496 e. The molecule has 2 atom stereocenters. The Morgan fingerprint density at radius 3 is 2.63 bits per heavy atom. The molecule has 30 heavy (non-hydrogen) atoms. The van der Waals surface area contributed by atoms with Crippen molar-refractivity contribution < 1.29 is 14.3 Å². The summed E-state index contributed by atoms with van der Waals surface area (Å²) in [5.41, 5.74) is 3.16. The number of likely N-dealkylation sites (tertiary alicyclic amines) is 1. The van der Waals surface area contributed by atoms with Crippen molar-refractivity contribution in [3.8, 4) is 5.75 Å². The van der Waals surface area contributed by atoms with Crippen molar-refractivity contribution in [3.05, 3.63) is 65.2 Å². The minimum absolute atomic E-state index is 0.0110. The molecule has 2 amide bonds. The van der Waals surface area contributed by atoms with Crippen molar-refractivity contribution in [1.29, 1.82) is 0 Å². The number of nitrogens with zero attached hydrogens (tertiary/aromatic N) is 1. The summed E-state index contributed by atoms with van der Waals surface area (Å²) in [5.74, 6) is 0.515. The average molecular weight is 409 g/mol. The van der Waals surface area contributed by atoms with Crippen molar-refractivity contribution in [1.82, 2.24) is 10.2 Å². The quantitative estimate of drug-likeness (QED) is 0.704. The van der Waals surface area contributed by atoms with E-state index in [2.05, 4.69) is 12.2 Å². The molecule has 2 aromatic carbocycles. The zero-order valence-electron chi connectivity index (χ0n) is 18.2. The third-order valence-electron chi connectivity index (χ3n) is 5.97. The summed E-state index contributed by atoms with van der Waals surface area (Å²) in [6.45, 7) is 5.30. The molecule has 0 unspecified atom stereocenters. The van der Waals surface area contributed by atoms with Crippen molar-refractivity contribution in [2.24, 2.45) is 5.92 Å². The zero-order valence-corrected chi connectivity index (χ0v) is 18.2. The summed E-state index contributed by atoms with van der Waals surface area (Å²) in [7, 11) is 1.63. The van der Waals surface area contributed by atoms with Gasteiger partial charge < -0.3 is 15.0 Å². The molecule has 1 fully saturated rings. The number of amides is 2. The molecule has 1 aliphatic heterocycles. The Hall–Kier alpha value is -2.82. The van der Waals surface area contributed by atoms with Gasteiger partial charge in [0.05, 0.1) is 19.1 Å². The molecule has 2 aromatic rings. The Morgan fingerprint density at radius 1 is 1.17 bits per heavy atom. The van der Waals surface area contributed by atoms with Crippen LogP contribution in [0.15, 0.2) is 48.5 Å². The molecule has 0 spiro atoms. The number of methoxy groups -OCH3 is 1. The number of carbonyl (C=O) groups is 2. The number of hydrogen-bond acceptors (Lipinski definition) is 3. The number of carbonyl (C=O) groups excluding carboxylic acids is 2. The highest BCUT2D eigenvalue weighted by molar-refractivity contribution is 5.85. The Morgan fingerprint density at radius 2 is 1.90 bits per heavy atom. The second-order valence-electron chi connectivity index (χ2n) is 7.92. The maximum Gasteiger partial charge on any atom is 0.225 e. The molecule has 0 radical (unpaired) electrons. The van der Waals surface area contributed by atoms with Gasteiger partial charge in [-0.1, -0.05) is 55.8 Å². The van der Waals surface area contributed by atoms with E-state index in [4.69, 9.17) is 4.74 Å². The maximum atomic E-state index is 13.3. The fourth-order valence-electron chi connectivity index (χ4n) is 4.24. The van der Waals surface area contributed by atoms with E-state index < -0.39 is 0 Å². The average Bonchev–Trinajstić information content (AvgIpc) is 2.77. The first-order chi connectivity index (χ1) is 14.6. The van der Waals surface area contributed by atoms with E-state index in [1.807, 2.05) is 60.4 Å². The van der Waals surface area contributed by atoms with Crippen LogP contribution in [-0.4, -0.2) is 30.4 Å². The van der Waals surface area contributed by atoms with E-state index in [1.165, 1.54) is 0 Å². The van der Waals surface area contributed by atoms with Crippen LogP contribution in [0.25, 0.3) is 0 Å². The number of piperidine rings is 1. The van der Waals surface area contributed by atoms with Crippen LogP contribution in [0, 0.1) is 12.8 Å². The molecule has 5 heteroatoms. The number of nitrogens with one attached hydrogen (secondary N) is 1. The molecular formula is C25H32N2O3. The van der Waals surface area contributed by atoms with Gasteiger partial charge >= 0.3 is 0 Å². The fourth-order valence-corrected chi connectivity index (χ4v) is 4.24. The SMILES string of the molecule is CCCCN1C(=O)CC[C@@H](C(=O)NCc2ccccc2C)[C@@H]1c1ccccc1OC. The standard InChI is InChI=1S/C25H32N2O3/c1-4-5-16-27-23(28)15-14-21(24(27)20-12-8-9-13-22(20)30-3)25(29)26-17-19-11-7-6-10-18(19)2/h6-13,21,24H,4-5,14-17H2,1-3H3,(H,26,29)/t21-,24+/m1/s1. The molecule has 0 aromatic heterocycles. The summed E-state index contributed by atoms with van der Waals surface area (Å²) in [5, 5.41) is 3.12. The first-order valence-electron chi connectivity index (χ1n) is 10.8. The van der Waals surface area contributed by atoms with Crippen LogP contribution in [0.4, 0.5) is 0 Å². The lowest BCUT2D eigenvalue weighted by Gasteiger charge is -2.41. The van der Waals surface area contributed by atoms with Gasteiger partial charge in [-0.25, -0.2) is 0 Å². The van der Waals surface area contributed by atoms with Gasteiger partial charge in [-0.05, 0) is 37.0 Å². The van der Waals surface area contributed by atoms with Crippen molar-refractivity contribution in [2.75, 3.05) is 13.7 Å². The minimum Gasteiger partial charge on any atom is -0.496 e. The predicted molar refractivity (Wildman–Crippen MR) is 118 cm³/mol. The van der Waals surface area contributed by atoms with Crippen LogP contribution >= 0.6 is 0 Å². The lowest BCUT2D eigenvalue weighted by atomic mass is 9.83. The molecule has 1 heterocycles. The van der Waals surface area contributed by atoms with E-state index >= 15 is 0 Å². The molecule has 1 saturated heterocycles. The molecule has 0 aliphatic carbocycles. The Labute approximate surface area is 179 Å². The second-order valence-corrected chi connectivity index (χ2v) is 7.92. The predicted octanol–water partition coefficient (Wildman–Crippen LogP) is 4.40. The van der Waals surface area contributed by atoms with E-state index in [-0.39, 0.29) is 23.8 Å². The van der Waals surface area contributed by atoms with Gasteiger partial charge in [-0.15, -0.1) is 0 Å². The van der Waals surface area contributed by atoms with Gasteiger partial charge in [-0.3, -0.25) is 9.59 Å². The Bertz CT molecular complexity index is 880. The Kier molecular flexibility index (Phi) is 7.50. The van der Waals surface area contributed by atoms with Gasteiger partial charge in [-0.2, -0.15) is 0 Å². The molecule has 160 valence electrons. The second kappa shape index (κ2) is 10.3. The Balaban J connectivity index is 1.88. The van der Waals surface area contributed by atoms with Crippen LogP contribution in [0.3, 0.4) is 0 Å². The van der Waals surface area contributed by atoms with Gasteiger partial charge in [0, 0.05) is 25.1 Å². The number of rotatable bonds is 8. The summed E-state index contributed by atoms with van der Waals surface area (Å²) >= 11 is 0. The third kappa shape index (κ3) is 4.84. The molecule has 5 nitrogen and oxygen atoms in total. The zero-order chi connectivity index (χ0) is 21.5. The number of unbranched alkanes of at least 4 members (excludes halogenated alkanes) is 1. The number of ether oxygens (including phenoxy) is 1. The van der Waals surface area contributed by atoms with Crippen LogP contribution in [0.2, 0.25) is 0 Å². The lowest BCUT2D eigenvalue weighted by Crippen LogP contribution is -2.48. The van der Waals surface area contributed by atoms with Crippen molar-refractivity contribution in [3.63, 3.8) is 0 Å². The van der Waals surface area contributed by atoms with Crippen LogP contribution < -0.4 is 10.1 Å². The minimum atomic E-state index is -0.314. The van der Waals surface area contributed by atoms with E-state index in [0.717, 1.165) is 35.3 Å². The molecule has 0 bridgehead atoms. The number of aryl methyl sites for hydroxylation is 1. The monoisotopic (exact) mass is 408 g/mol. The highest BCUT2D eigenvalue weighted by Gasteiger charge is 2.41. The maximum absolute atomic E-state index is 13.3. The highest BCUT2D eigenvalue weighted by Crippen LogP contribution is 2.40. The van der Waals surface area contributed by atoms with Gasteiger partial charge in [0.2, 0.25) is 11.8 Å².